The van der Waals surface area contributed by atoms with Crippen molar-refractivity contribution < 1.29 is 88.7 Å². The first-order valence-corrected chi connectivity index (χ1v) is 40.8. The number of nitrogens with zero attached hydrogens (tertiary/aromatic N) is 4. The number of hydrogen-bond acceptors (Lipinski definition) is 20. The molecule has 0 spiro atoms. The molecule has 12 atom stereocenters. The van der Waals surface area contributed by atoms with Crippen LogP contribution in [0, 0.1) is 23.7 Å². The number of sulfonamides is 2. The Balaban J connectivity index is 0.000000212. The maximum absolute atomic E-state index is 14.6. The van der Waals surface area contributed by atoms with Crippen molar-refractivity contribution in [3.05, 3.63) is 83.1 Å². The zero-order chi connectivity index (χ0) is 79.7. The van der Waals surface area contributed by atoms with Crippen molar-refractivity contribution in [2.24, 2.45) is 28.8 Å². The van der Waals surface area contributed by atoms with Crippen LogP contribution in [0.25, 0.3) is 21.5 Å². The third-order valence-corrected chi connectivity index (χ3v) is 26.1. The Bertz CT molecular complexity index is 4470. The fraction of sp³-hybridized carbons (Fsp3) is 0.605. The molecule has 7 amide bonds. The van der Waals surface area contributed by atoms with Crippen molar-refractivity contribution in [3.8, 4) is 23.3 Å². The first-order chi connectivity index (χ1) is 51.1. The predicted octanol–water partition coefficient (Wildman–Crippen LogP) is 9.47. The molecule has 6 heterocycles. The predicted molar refractivity (Wildman–Crippen MR) is 407 cm³/mol. The number of aliphatic carboxylic acids is 1. The van der Waals surface area contributed by atoms with Gasteiger partial charge in [-0.25, -0.2) is 46.3 Å². The van der Waals surface area contributed by atoms with Gasteiger partial charge in [0.25, 0.3) is 5.91 Å². The lowest BCUT2D eigenvalue weighted by molar-refractivity contribution is -0.146. The highest BCUT2D eigenvalue weighted by Gasteiger charge is 2.65. The number of primary sulfonamides is 1. The van der Waals surface area contributed by atoms with Gasteiger partial charge in [-0.2, -0.15) is 0 Å². The van der Waals surface area contributed by atoms with E-state index in [1.54, 1.807) is 106 Å². The van der Waals surface area contributed by atoms with E-state index in [9.17, 15) is 60.3 Å². The van der Waals surface area contributed by atoms with Crippen LogP contribution in [0.4, 0.5) is 9.59 Å². The number of alkyl carbamates (subject to hydrolysis) is 2. The first-order valence-electron chi connectivity index (χ1n) is 37.1. The maximum atomic E-state index is 14.6. The number of carboxylic acid groups (broad SMARTS) is 1. The maximum Gasteiger partial charge on any atom is 0.408 e. The number of amides is 7. The lowest BCUT2D eigenvalue weighted by Gasteiger charge is -2.31. The lowest BCUT2D eigenvalue weighted by atomic mass is 9.98. The summed E-state index contributed by atoms with van der Waals surface area (Å²) in [6.07, 6.45) is 16.9. The highest BCUT2D eigenvalue weighted by atomic mass is 35.5. The van der Waals surface area contributed by atoms with Crippen LogP contribution in [-0.4, -0.2) is 185 Å². The molecular weight excluding hydrogens is 1490 g/mol. The second-order valence-corrected chi connectivity index (χ2v) is 37.4. The normalized spacial score (nSPS) is 28.7. The van der Waals surface area contributed by atoms with Crippen LogP contribution in [0.5, 0.6) is 23.3 Å². The van der Waals surface area contributed by atoms with Crippen molar-refractivity contribution in [1.29, 1.82) is 0 Å². The van der Waals surface area contributed by atoms with Crippen LogP contribution >= 0.6 is 23.2 Å². The van der Waals surface area contributed by atoms with Gasteiger partial charge in [-0.3, -0.25) is 28.7 Å². The molecule has 596 valence electrons. The fourth-order valence-electron chi connectivity index (χ4n) is 14.2. The Labute approximate surface area is 646 Å². The third-order valence-electron chi connectivity index (χ3n) is 21.6. The molecule has 33 heteroatoms. The number of ether oxygens (including phenoxy) is 6. The molecule has 2 aromatic heterocycles. The zero-order valence-electron chi connectivity index (χ0n) is 63.7. The van der Waals surface area contributed by atoms with Crippen LogP contribution in [0.15, 0.2) is 73.1 Å². The number of aromatic nitrogens is 2. The average Bonchev–Trinajstić information content (AvgIpc) is 1.57. The largest absolute Gasteiger partial charge is 0.494 e. The van der Waals surface area contributed by atoms with Crippen LogP contribution in [0.3, 0.4) is 0 Å². The summed E-state index contributed by atoms with van der Waals surface area (Å²) in [5, 5.41) is 29.6. The molecule has 2 aromatic carbocycles. The van der Waals surface area contributed by atoms with E-state index in [0.717, 1.165) is 44.9 Å². The molecule has 0 unspecified atom stereocenters. The van der Waals surface area contributed by atoms with Gasteiger partial charge in [0.1, 0.15) is 70.2 Å². The van der Waals surface area contributed by atoms with Gasteiger partial charge in [-0.1, -0.05) is 87.0 Å². The SMILES string of the molecule is CC1(S(N)(=O)=O)CC1.COc1cnc(O[C@H]2CN3C(=O)[C@@H](NC(=O)OC(C)(C)C)CCCCC/C=C\[C@@H]4C[C@@]4(C(=O)NS(=O)(=O)C4(C)CC4)NC(=O)[C@@H]3[C@@H]2C)c2cc(Cl)ccc12.COc1cnc(O[C@H]2CN3C(=O)[C@@H](NC(=O)OC(C)(C)C)CCCCC/C=C\[C@@H]4C[C@@]4(C(=O)O)NC(=O)[C@@H]3[C@@H]2C)c2cc(Cl)ccc12. The molecule has 12 rings (SSSR count). The Hall–Kier alpha value is -8.26. The van der Waals surface area contributed by atoms with Gasteiger partial charge in [-0.05, 0) is 169 Å². The molecule has 8 aliphatic rings. The molecule has 2 saturated heterocycles. The molecule has 109 heavy (non-hydrogen) atoms. The Morgan fingerprint density at radius 3 is 1.39 bits per heavy atom. The van der Waals surface area contributed by atoms with Gasteiger partial charge < -0.3 is 64.6 Å². The van der Waals surface area contributed by atoms with Gasteiger partial charge in [0.15, 0.2) is 0 Å². The molecule has 4 saturated carbocycles. The van der Waals surface area contributed by atoms with Crippen LogP contribution in [0.1, 0.15) is 172 Å². The summed E-state index contributed by atoms with van der Waals surface area (Å²) in [6.45, 7) is 17.1. The number of allylic oxidation sites excluding steroid dienone is 2. The zero-order valence-corrected chi connectivity index (χ0v) is 66.8. The fourth-order valence-corrected chi connectivity index (χ4v) is 16.6. The number of methoxy groups -OCH3 is 2. The third kappa shape index (κ3) is 19.2. The number of carbonyl (C=O) groups excluding carboxylic acids is 7. The molecule has 4 aromatic rings. The van der Waals surface area contributed by atoms with E-state index < -0.39 is 154 Å². The average molecular weight is 1590 g/mol. The summed E-state index contributed by atoms with van der Waals surface area (Å²) >= 11 is 12.7. The molecule has 0 bridgehead atoms. The van der Waals surface area contributed by atoms with E-state index in [1.165, 1.54) is 36.4 Å². The number of nitrogens with one attached hydrogen (secondary N) is 5. The van der Waals surface area contributed by atoms with E-state index in [-0.39, 0.29) is 43.6 Å². The van der Waals surface area contributed by atoms with E-state index in [2.05, 4.69) is 36.0 Å². The number of nitrogens with two attached hydrogens (primary N) is 1. The summed E-state index contributed by atoms with van der Waals surface area (Å²) in [5.41, 5.74) is -4.61. The quantitative estimate of drug-likeness (QED) is 0.0612. The smallest absolute Gasteiger partial charge is 0.408 e. The molecule has 6 fully saturated rings. The van der Waals surface area contributed by atoms with Gasteiger partial charge in [-0.15, -0.1) is 0 Å². The molecule has 8 N–H and O–H groups in total. The highest BCUT2D eigenvalue weighted by Crippen LogP contribution is 2.50. The van der Waals surface area contributed by atoms with E-state index in [4.69, 9.17) is 56.8 Å². The Kier molecular flexibility index (Phi) is 24.9. The number of pyridine rings is 2. The molecule has 0 radical (unpaired) electrons. The Morgan fingerprint density at radius 2 is 1.01 bits per heavy atom. The standard InChI is InChI=1S/C38H50ClN5O9S.C34H43ClN4O8.C4H9NO2S/c1-22-29(52-32-26-18-24(39)14-15-25(26)28(51-6)20-40-32)21-44-30(22)31(45)42-38(34(47)43-54(49,50)37(5)16-17-37)19-23(38)12-10-8-7-9-11-13-27(33(44)46)41-35(48)53-36(2,3)4;1-19-26(46-29-23-15-21(35)13-14-22(23)25(45-5)17-36-29)18-39-27(19)28(40)38-34(31(42)43)16-20(34)11-9-7-6-8-10-12-24(30(39)41)37-32(44)47-33(2,3)4;1-4(2-3-4)8(5,6)7/h10,12,14-15,18,20,22-23,27,29-30H,7-9,11,13,16-17,19,21H2,1-6H3,(H,41,48)(H,42,45)(H,43,47);9,11,13-15,17,19-20,24,26-27H,6-8,10,12,16,18H2,1-5H3,(H,37,44)(H,38,40)(H,42,43);2-3H2,1H3,(H2,5,6,7)/b12-10-;11-9-;/t22-,23-,27+,29+,30+,38-;19-,20-,24+,26+,27+,34-;/m11./s1. The van der Waals surface area contributed by atoms with Gasteiger partial charge in [0.05, 0.1) is 49.2 Å². The highest BCUT2D eigenvalue weighted by molar-refractivity contribution is 7.91. The number of carbonyl (C=O) groups is 8. The first kappa shape index (κ1) is 83.2. The number of carboxylic acids is 1. The van der Waals surface area contributed by atoms with E-state index >= 15 is 0 Å². The number of rotatable bonds is 13. The van der Waals surface area contributed by atoms with E-state index in [0.29, 0.717) is 88.0 Å². The lowest BCUT2D eigenvalue weighted by Crippen LogP contribution is -2.59. The summed E-state index contributed by atoms with van der Waals surface area (Å²) in [6, 6.07) is 6.15. The Morgan fingerprint density at radius 1 is 0.606 bits per heavy atom. The minimum atomic E-state index is -4.01. The monoisotopic (exact) mass is 1590 g/mol. The van der Waals surface area contributed by atoms with Crippen LogP contribution in [-0.2, 0) is 58.3 Å². The molecule has 29 nitrogen and oxygen atoms in total. The molecular formula is C76H102Cl2N10O19S2. The minimum Gasteiger partial charge on any atom is -0.494 e. The van der Waals surface area contributed by atoms with Crippen molar-refractivity contribution in [2.45, 2.75) is 240 Å². The van der Waals surface area contributed by atoms with Crippen molar-refractivity contribution in [1.82, 2.24) is 45.8 Å². The summed E-state index contributed by atoms with van der Waals surface area (Å²) in [7, 11) is -4.18. The number of benzene rings is 2. The van der Waals surface area contributed by atoms with Gasteiger partial charge in [0.2, 0.25) is 55.4 Å². The summed E-state index contributed by atoms with van der Waals surface area (Å²) in [5.74, 6) is -4.76. The summed E-state index contributed by atoms with van der Waals surface area (Å²) in [4.78, 5) is 122. The number of fused-ring (bicyclic) bond motifs is 6. The van der Waals surface area contributed by atoms with Crippen LogP contribution in [0.2, 0.25) is 10.0 Å². The summed E-state index contributed by atoms with van der Waals surface area (Å²) < 4.78 is 82.9. The molecule has 4 aliphatic heterocycles. The molecule has 4 aliphatic carbocycles. The second kappa shape index (κ2) is 32.6. The van der Waals surface area contributed by atoms with Crippen molar-refractivity contribution >= 4 is 112 Å². The van der Waals surface area contributed by atoms with Crippen molar-refractivity contribution in [2.75, 3.05) is 27.3 Å². The second-order valence-electron chi connectivity index (χ2n) is 32.3. The number of hydrogen-bond donors (Lipinski definition) is 7. The van der Waals surface area contributed by atoms with Crippen LogP contribution < -0.4 is 50.1 Å². The van der Waals surface area contributed by atoms with E-state index in [1.807, 2.05) is 24.3 Å². The topological polar surface area (TPSA) is 399 Å². The number of halogens is 2. The van der Waals surface area contributed by atoms with Gasteiger partial charge >= 0.3 is 18.2 Å². The van der Waals surface area contributed by atoms with Gasteiger partial charge in [0, 0.05) is 55.3 Å². The minimum absolute atomic E-state index is 0.0102. The van der Waals surface area contributed by atoms with Crippen molar-refractivity contribution in [3.63, 3.8) is 0 Å².